The lowest BCUT2D eigenvalue weighted by molar-refractivity contribution is 0.262. The third-order valence-electron chi connectivity index (χ3n) is 2.60. The number of halogens is 1. The number of urea groups is 1. The smallest absolute Gasteiger partial charge is 0.307 e. The SMILES string of the molecule is Cc1ccc(C)c(NC(=O)Nc2cccc(Br)n2)c1. The van der Waals surface area contributed by atoms with Gasteiger partial charge in [-0.15, -0.1) is 0 Å². The van der Waals surface area contributed by atoms with Crippen LogP contribution < -0.4 is 10.6 Å². The number of hydrogen-bond donors (Lipinski definition) is 2. The Morgan fingerprint density at radius 1 is 1.16 bits per heavy atom. The van der Waals surface area contributed by atoms with Gasteiger partial charge in [-0.05, 0) is 59.1 Å². The minimum absolute atomic E-state index is 0.306. The van der Waals surface area contributed by atoms with E-state index in [-0.39, 0.29) is 6.03 Å². The summed E-state index contributed by atoms with van der Waals surface area (Å²) in [4.78, 5) is 16.0. The van der Waals surface area contributed by atoms with E-state index in [0.717, 1.165) is 16.8 Å². The number of anilines is 2. The van der Waals surface area contributed by atoms with E-state index in [4.69, 9.17) is 0 Å². The van der Waals surface area contributed by atoms with Crippen molar-refractivity contribution in [2.45, 2.75) is 13.8 Å². The first kappa shape index (κ1) is 13.5. The number of benzene rings is 1. The van der Waals surface area contributed by atoms with Crippen molar-refractivity contribution >= 4 is 33.5 Å². The number of nitrogens with zero attached hydrogens (tertiary/aromatic N) is 1. The summed E-state index contributed by atoms with van der Waals surface area (Å²) in [6.07, 6.45) is 0. The standard InChI is InChI=1S/C14H14BrN3O/c1-9-6-7-10(2)11(8-9)16-14(19)18-13-5-3-4-12(15)17-13/h3-8H,1-2H3,(H2,16,17,18,19). The molecule has 0 unspecified atom stereocenters. The molecule has 5 heteroatoms. The van der Waals surface area contributed by atoms with Gasteiger partial charge >= 0.3 is 6.03 Å². The number of carbonyl (C=O) groups is 1. The molecule has 0 saturated heterocycles. The van der Waals surface area contributed by atoms with Gasteiger partial charge in [0.2, 0.25) is 0 Å². The van der Waals surface area contributed by atoms with Crippen LogP contribution in [-0.2, 0) is 0 Å². The van der Waals surface area contributed by atoms with Gasteiger partial charge in [0, 0.05) is 5.69 Å². The quantitative estimate of drug-likeness (QED) is 0.818. The van der Waals surface area contributed by atoms with E-state index >= 15 is 0 Å². The molecule has 0 atom stereocenters. The van der Waals surface area contributed by atoms with Gasteiger partial charge in [-0.2, -0.15) is 0 Å². The Hall–Kier alpha value is -1.88. The van der Waals surface area contributed by atoms with Crippen molar-refractivity contribution < 1.29 is 4.79 Å². The van der Waals surface area contributed by atoms with Crippen LogP contribution >= 0.6 is 15.9 Å². The van der Waals surface area contributed by atoms with Gasteiger partial charge in [-0.3, -0.25) is 5.32 Å². The summed E-state index contributed by atoms with van der Waals surface area (Å²) in [5.41, 5.74) is 2.91. The summed E-state index contributed by atoms with van der Waals surface area (Å²) in [5, 5.41) is 5.50. The maximum Gasteiger partial charge on any atom is 0.324 e. The fourth-order valence-corrected chi connectivity index (χ4v) is 1.96. The molecule has 0 spiro atoms. The second-order valence-electron chi connectivity index (χ2n) is 4.24. The lowest BCUT2D eigenvalue weighted by atomic mass is 10.1. The molecule has 98 valence electrons. The summed E-state index contributed by atoms with van der Waals surface area (Å²) in [5.74, 6) is 0.497. The third kappa shape index (κ3) is 3.79. The third-order valence-corrected chi connectivity index (χ3v) is 3.04. The highest BCUT2D eigenvalue weighted by atomic mass is 79.9. The van der Waals surface area contributed by atoms with Crippen molar-refractivity contribution in [2.24, 2.45) is 0 Å². The van der Waals surface area contributed by atoms with Crippen LogP contribution in [0.4, 0.5) is 16.3 Å². The van der Waals surface area contributed by atoms with Gasteiger partial charge in [0.1, 0.15) is 10.4 Å². The number of pyridine rings is 1. The van der Waals surface area contributed by atoms with Crippen LogP contribution in [0.3, 0.4) is 0 Å². The number of aryl methyl sites for hydroxylation is 2. The topological polar surface area (TPSA) is 54.0 Å². The molecule has 19 heavy (non-hydrogen) atoms. The molecular formula is C14H14BrN3O. The lowest BCUT2D eigenvalue weighted by Gasteiger charge is -2.10. The van der Waals surface area contributed by atoms with Gasteiger partial charge < -0.3 is 5.32 Å². The summed E-state index contributed by atoms with van der Waals surface area (Å²) < 4.78 is 0.678. The average Bonchev–Trinajstić information content (AvgIpc) is 2.34. The molecule has 1 aromatic carbocycles. The molecule has 0 bridgehead atoms. The highest BCUT2D eigenvalue weighted by molar-refractivity contribution is 9.10. The minimum atomic E-state index is -0.306. The summed E-state index contributed by atoms with van der Waals surface area (Å²) in [7, 11) is 0. The van der Waals surface area contributed by atoms with Crippen LogP contribution in [-0.4, -0.2) is 11.0 Å². The van der Waals surface area contributed by atoms with Gasteiger partial charge in [0.25, 0.3) is 0 Å². The molecule has 0 fully saturated rings. The van der Waals surface area contributed by atoms with E-state index in [9.17, 15) is 4.79 Å². The molecule has 4 nitrogen and oxygen atoms in total. The summed E-state index contributed by atoms with van der Waals surface area (Å²) >= 11 is 3.26. The molecule has 0 saturated carbocycles. The molecule has 1 heterocycles. The van der Waals surface area contributed by atoms with Crippen molar-refractivity contribution in [3.63, 3.8) is 0 Å². The van der Waals surface area contributed by atoms with E-state index in [1.165, 1.54) is 0 Å². The molecule has 2 amide bonds. The zero-order valence-electron chi connectivity index (χ0n) is 10.7. The summed E-state index contributed by atoms with van der Waals surface area (Å²) in [6.45, 7) is 3.94. The van der Waals surface area contributed by atoms with Crippen LogP contribution in [0.1, 0.15) is 11.1 Å². The Morgan fingerprint density at radius 2 is 1.95 bits per heavy atom. The molecular weight excluding hydrogens is 306 g/mol. The van der Waals surface area contributed by atoms with Gasteiger partial charge in [-0.1, -0.05) is 18.2 Å². The monoisotopic (exact) mass is 319 g/mol. The number of rotatable bonds is 2. The number of nitrogens with one attached hydrogen (secondary N) is 2. The highest BCUT2D eigenvalue weighted by Crippen LogP contribution is 2.17. The second-order valence-corrected chi connectivity index (χ2v) is 5.06. The highest BCUT2D eigenvalue weighted by Gasteiger charge is 2.06. The van der Waals surface area contributed by atoms with Gasteiger partial charge in [-0.25, -0.2) is 9.78 Å². The van der Waals surface area contributed by atoms with E-state index in [1.807, 2.05) is 38.1 Å². The fourth-order valence-electron chi connectivity index (χ4n) is 1.62. The number of aromatic nitrogens is 1. The van der Waals surface area contributed by atoms with Crippen molar-refractivity contribution in [2.75, 3.05) is 10.6 Å². The Morgan fingerprint density at radius 3 is 2.68 bits per heavy atom. The number of carbonyl (C=O) groups excluding carboxylic acids is 1. The van der Waals surface area contributed by atoms with Crippen LogP contribution in [0.2, 0.25) is 0 Å². The fraction of sp³-hybridized carbons (Fsp3) is 0.143. The maximum atomic E-state index is 11.9. The molecule has 2 aromatic rings. The Bertz CT molecular complexity index is 613. The zero-order chi connectivity index (χ0) is 13.8. The van der Waals surface area contributed by atoms with Crippen LogP contribution in [0, 0.1) is 13.8 Å². The molecule has 0 aliphatic carbocycles. The summed E-state index contributed by atoms with van der Waals surface area (Å²) in [6, 6.07) is 10.9. The van der Waals surface area contributed by atoms with Crippen LogP contribution in [0.5, 0.6) is 0 Å². The second kappa shape index (κ2) is 5.84. The number of hydrogen-bond acceptors (Lipinski definition) is 2. The molecule has 1 aromatic heterocycles. The first-order valence-electron chi connectivity index (χ1n) is 5.82. The van der Waals surface area contributed by atoms with Crippen molar-refractivity contribution in [3.8, 4) is 0 Å². The van der Waals surface area contributed by atoms with Crippen LogP contribution in [0.25, 0.3) is 0 Å². The maximum absolute atomic E-state index is 11.9. The lowest BCUT2D eigenvalue weighted by Crippen LogP contribution is -2.20. The normalized spacial score (nSPS) is 10.1. The molecule has 0 radical (unpaired) electrons. The van der Waals surface area contributed by atoms with E-state index < -0.39 is 0 Å². The first-order valence-corrected chi connectivity index (χ1v) is 6.62. The Kier molecular flexibility index (Phi) is 4.16. The van der Waals surface area contributed by atoms with E-state index in [1.54, 1.807) is 12.1 Å². The first-order chi connectivity index (χ1) is 9.04. The van der Waals surface area contributed by atoms with Crippen molar-refractivity contribution in [1.29, 1.82) is 0 Å². The van der Waals surface area contributed by atoms with E-state index in [0.29, 0.717) is 10.4 Å². The minimum Gasteiger partial charge on any atom is -0.307 e. The Balaban J connectivity index is 2.07. The molecule has 0 aliphatic rings. The van der Waals surface area contributed by atoms with E-state index in [2.05, 4.69) is 31.5 Å². The molecule has 2 N–H and O–H groups in total. The predicted molar refractivity (Wildman–Crippen MR) is 80.5 cm³/mol. The largest absolute Gasteiger partial charge is 0.324 e. The van der Waals surface area contributed by atoms with Gasteiger partial charge in [0.15, 0.2) is 0 Å². The number of amides is 2. The van der Waals surface area contributed by atoms with Crippen LogP contribution in [0.15, 0.2) is 41.0 Å². The van der Waals surface area contributed by atoms with Gasteiger partial charge in [0.05, 0.1) is 0 Å². The zero-order valence-corrected chi connectivity index (χ0v) is 12.3. The molecule has 0 aliphatic heterocycles. The Labute approximate surface area is 120 Å². The molecule has 2 rings (SSSR count). The van der Waals surface area contributed by atoms with Crippen molar-refractivity contribution in [3.05, 3.63) is 52.1 Å². The average molecular weight is 320 g/mol. The van der Waals surface area contributed by atoms with Crippen molar-refractivity contribution in [1.82, 2.24) is 4.98 Å². The predicted octanol–water partition coefficient (Wildman–Crippen LogP) is 4.10.